The predicted molar refractivity (Wildman–Crippen MR) is 51.7 cm³/mol. The lowest BCUT2D eigenvalue weighted by Gasteiger charge is -2.11. The molecule has 4 heteroatoms. The maximum absolute atomic E-state index is 9.24. The van der Waals surface area contributed by atoms with Crippen molar-refractivity contribution < 1.29 is 14.9 Å². The lowest BCUT2D eigenvalue weighted by atomic mass is 10.2. The Morgan fingerprint density at radius 1 is 1.31 bits per heavy atom. The highest BCUT2D eigenvalue weighted by Gasteiger charge is 2.03. The molecule has 13 heavy (non-hydrogen) atoms. The van der Waals surface area contributed by atoms with Gasteiger partial charge in [-0.15, -0.1) is 0 Å². The maximum atomic E-state index is 9.24. The topological polar surface area (TPSA) is 61.7 Å². The van der Waals surface area contributed by atoms with Crippen molar-refractivity contribution in [2.45, 2.75) is 32.0 Å². The summed E-state index contributed by atoms with van der Waals surface area (Å²) in [5, 5.41) is 21.5. The molecule has 0 aliphatic carbocycles. The van der Waals surface area contributed by atoms with Gasteiger partial charge in [0.05, 0.1) is 18.8 Å². The van der Waals surface area contributed by atoms with Crippen LogP contribution < -0.4 is 5.32 Å². The normalized spacial score (nSPS) is 15.7. The summed E-state index contributed by atoms with van der Waals surface area (Å²) in [4.78, 5) is 0. The number of aliphatic hydroxyl groups excluding tert-OH is 2. The third-order valence-electron chi connectivity index (χ3n) is 1.86. The predicted octanol–water partition coefficient (Wildman–Crippen LogP) is -0.256. The minimum atomic E-state index is -0.406. The zero-order valence-corrected chi connectivity index (χ0v) is 8.49. The van der Waals surface area contributed by atoms with Crippen LogP contribution in [0.5, 0.6) is 0 Å². The summed E-state index contributed by atoms with van der Waals surface area (Å²) in [5.41, 5.74) is 0. The van der Waals surface area contributed by atoms with Gasteiger partial charge in [-0.1, -0.05) is 6.92 Å². The second-order valence-electron chi connectivity index (χ2n) is 3.16. The highest BCUT2D eigenvalue weighted by molar-refractivity contribution is 4.60. The van der Waals surface area contributed by atoms with E-state index >= 15 is 0 Å². The van der Waals surface area contributed by atoms with E-state index in [-0.39, 0.29) is 6.10 Å². The molecule has 0 saturated carbocycles. The van der Waals surface area contributed by atoms with Crippen molar-refractivity contribution in [1.82, 2.24) is 5.32 Å². The van der Waals surface area contributed by atoms with Crippen molar-refractivity contribution in [3.63, 3.8) is 0 Å². The van der Waals surface area contributed by atoms with Crippen LogP contribution >= 0.6 is 0 Å². The van der Waals surface area contributed by atoms with Crippen molar-refractivity contribution in [3.8, 4) is 0 Å². The average Bonchev–Trinajstić information content (AvgIpc) is 2.12. The number of hydrogen-bond donors (Lipinski definition) is 3. The molecule has 0 aromatic heterocycles. The fourth-order valence-electron chi connectivity index (χ4n) is 0.957. The number of nitrogens with one attached hydrogen (secondary N) is 1. The zero-order chi connectivity index (χ0) is 10.1. The molecule has 0 saturated heterocycles. The molecule has 0 spiro atoms. The Kier molecular flexibility index (Phi) is 8.33. The lowest BCUT2D eigenvalue weighted by Crippen LogP contribution is -2.29. The molecule has 2 atom stereocenters. The fraction of sp³-hybridized carbons (Fsp3) is 1.00. The maximum Gasteiger partial charge on any atom is 0.0785 e. The Morgan fingerprint density at radius 3 is 2.54 bits per heavy atom. The van der Waals surface area contributed by atoms with E-state index in [9.17, 15) is 10.2 Å². The van der Waals surface area contributed by atoms with E-state index in [1.165, 1.54) is 0 Å². The Bertz CT molecular complexity index is 111. The third kappa shape index (κ3) is 8.18. The molecule has 0 rings (SSSR count). The van der Waals surface area contributed by atoms with E-state index in [0.29, 0.717) is 26.1 Å². The molecular formula is C9H21NO3. The molecule has 0 radical (unpaired) electrons. The minimum absolute atomic E-state index is 0.278. The van der Waals surface area contributed by atoms with Gasteiger partial charge in [0.25, 0.3) is 0 Å². The molecule has 0 aliphatic rings. The minimum Gasteiger partial charge on any atom is -0.392 e. The second-order valence-corrected chi connectivity index (χ2v) is 3.16. The molecule has 0 fully saturated rings. The molecule has 0 amide bonds. The zero-order valence-electron chi connectivity index (χ0n) is 8.49. The third-order valence-corrected chi connectivity index (χ3v) is 1.86. The number of rotatable bonds is 8. The van der Waals surface area contributed by atoms with Gasteiger partial charge >= 0.3 is 0 Å². The molecule has 3 N–H and O–H groups in total. The Hall–Kier alpha value is -0.160. The van der Waals surface area contributed by atoms with Gasteiger partial charge in [0.1, 0.15) is 0 Å². The number of hydrogen-bond acceptors (Lipinski definition) is 4. The summed E-state index contributed by atoms with van der Waals surface area (Å²) in [6.45, 7) is 3.61. The first-order valence-corrected chi connectivity index (χ1v) is 4.76. The summed E-state index contributed by atoms with van der Waals surface area (Å²) >= 11 is 0. The summed E-state index contributed by atoms with van der Waals surface area (Å²) in [6, 6.07) is 0. The number of ether oxygens (including phenoxy) is 1. The van der Waals surface area contributed by atoms with E-state index in [4.69, 9.17) is 4.74 Å². The van der Waals surface area contributed by atoms with Crippen molar-refractivity contribution in [2.24, 2.45) is 0 Å². The number of methoxy groups -OCH3 is 1. The summed E-state index contributed by atoms with van der Waals surface area (Å²) in [7, 11) is 1.57. The summed E-state index contributed by atoms with van der Waals surface area (Å²) in [5.74, 6) is 0. The van der Waals surface area contributed by atoms with Crippen LogP contribution in [0.25, 0.3) is 0 Å². The van der Waals surface area contributed by atoms with Gasteiger partial charge < -0.3 is 20.3 Å². The monoisotopic (exact) mass is 191 g/mol. The van der Waals surface area contributed by atoms with Crippen molar-refractivity contribution in [1.29, 1.82) is 0 Å². The molecular weight excluding hydrogens is 170 g/mol. The van der Waals surface area contributed by atoms with Gasteiger partial charge in [0, 0.05) is 13.7 Å². The summed E-state index contributed by atoms with van der Waals surface area (Å²) in [6.07, 6.45) is 0.730. The van der Waals surface area contributed by atoms with Gasteiger partial charge in [-0.3, -0.25) is 0 Å². The van der Waals surface area contributed by atoms with Crippen LogP contribution in [0, 0.1) is 0 Å². The lowest BCUT2D eigenvalue weighted by molar-refractivity contribution is 0.0586. The summed E-state index contributed by atoms with van der Waals surface area (Å²) < 4.78 is 4.78. The standard InChI is InChI=1S/C9H21NO3/c1-3-8(11)6-10-5-4-9(12)7-13-2/h8-12H,3-7H2,1-2H3. The van der Waals surface area contributed by atoms with E-state index in [1.807, 2.05) is 6.92 Å². The van der Waals surface area contributed by atoms with Crippen molar-refractivity contribution in [2.75, 3.05) is 26.8 Å². The molecule has 2 unspecified atom stereocenters. The molecule has 4 nitrogen and oxygen atoms in total. The van der Waals surface area contributed by atoms with Gasteiger partial charge in [-0.05, 0) is 19.4 Å². The van der Waals surface area contributed by atoms with E-state index in [2.05, 4.69) is 5.32 Å². The van der Waals surface area contributed by atoms with Crippen LogP contribution in [0.4, 0.5) is 0 Å². The first-order chi connectivity index (χ1) is 6.20. The van der Waals surface area contributed by atoms with Crippen LogP contribution in [0.3, 0.4) is 0 Å². The van der Waals surface area contributed by atoms with E-state index in [0.717, 1.165) is 6.42 Å². The smallest absolute Gasteiger partial charge is 0.0785 e. The van der Waals surface area contributed by atoms with E-state index in [1.54, 1.807) is 7.11 Å². The van der Waals surface area contributed by atoms with Crippen molar-refractivity contribution >= 4 is 0 Å². The largest absolute Gasteiger partial charge is 0.392 e. The van der Waals surface area contributed by atoms with Crippen molar-refractivity contribution in [3.05, 3.63) is 0 Å². The van der Waals surface area contributed by atoms with Crippen LogP contribution in [0.1, 0.15) is 19.8 Å². The SMILES string of the molecule is CCC(O)CNCCC(O)COC. The molecule has 0 heterocycles. The average molecular weight is 191 g/mol. The van der Waals surface area contributed by atoms with Crippen LogP contribution in [0.15, 0.2) is 0 Å². The van der Waals surface area contributed by atoms with E-state index < -0.39 is 6.10 Å². The molecule has 0 bridgehead atoms. The Balaban J connectivity index is 3.15. The van der Waals surface area contributed by atoms with Gasteiger partial charge in [-0.25, -0.2) is 0 Å². The molecule has 80 valence electrons. The Morgan fingerprint density at radius 2 is 2.00 bits per heavy atom. The molecule has 0 aromatic carbocycles. The molecule has 0 aliphatic heterocycles. The molecule has 0 aromatic rings. The fourth-order valence-corrected chi connectivity index (χ4v) is 0.957. The quantitative estimate of drug-likeness (QED) is 0.463. The number of aliphatic hydroxyl groups is 2. The van der Waals surface area contributed by atoms with Gasteiger partial charge in [0.2, 0.25) is 0 Å². The van der Waals surface area contributed by atoms with Crippen LogP contribution in [-0.2, 0) is 4.74 Å². The second kappa shape index (κ2) is 8.44. The Labute approximate surface area is 79.9 Å². The first kappa shape index (κ1) is 12.8. The van der Waals surface area contributed by atoms with Crippen LogP contribution in [0.2, 0.25) is 0 Å². The van der Waals surface area contributed by atoms with Gasteiger partial charge in [-0.2, -0.15) is 0 Å². The highest BCUT2D eigenvalue weighted by Crippen LogP contribution is 1.91. The first-order valence-electron chi connectivity index (χ1n) is 4.76. The highest BCUT2D eigenvalue weighted by atomic mass is 16.5. The van der Waals surface area contributed by atoms with Gasteiger partial charge in [0.15, 0.2) is 0 Å². The van der Waals surface area contributed by atoms with Crippen LogP contribution in [-0.4, -0.2) is 49.2 Å².